The second-order valence-electron chi connectivity index (χ2n) is 6.54. The molecule has 1 saturated carbocycles. The summed E-state index contributed by atoms with van der Waals surface area (Å²) in [6, 6.07) is 10.3. The Balaban J connectivity index is 1.58. The normalized spacial score (nSPS) is 16.2. The molecule has 1 aliphatic rings. The van der Waals surface area contributed by atoms with Gasteiger partial charge in [0.15, 0.2) is 4.34 Å². The van der Waals surface area contributed by atoms with Crippen LogP contribution >= 0.6 is 23.1 Å². The number of aromatic nitrogens is 2. The van der Waals surface area contributed by atoms with Crippen LogP contribution in [-0.4, -0.2) is 38.8 Å². The van der Waals surface area contributed by atoms with E-state index < -0.39 is 0 Å². The van der Waals surface area contributed by atoms with E-state index in [1.54, 1.807) is 0 Å². The van der Waals surface area contributed by atoms with Gasteiger partial charge in [0, 0.05) is 18.3 Å². The summed E-state index contributed by atoms with van der Waals surface area (Å²) in [5.41, 5.74) is 0.985. The average molecular weight is 391 g/mol. The molecular formula is C19H26N4OS2. The number of hydrogen-bond acceptors (Lipinski definition) is 6. The molecule has 1 aromatic carbocycles. The number of carbonyl (C=O) groups is 1. The maximum Gasteiger partial charge on any atom is 0.236 e. The minimum atomic E-state index is -0.144. The molecule has 1 aromatic heterocycles. The Bertz CT molecular complexity index is 701. The van der Waals surface area contributed by atoms with Gasteiger partial charge in [0.05, 0.1) is 5.25 Å². The molecule has 0 bridgehead atoms. The lowest BCUT2D eigenvalue weighted by molar-refractivity contribution is -0.133. The van der Waals surface area contributed by atoms with Crippen LogP contribution < -0.4 is 5.32 Å². The summed E-state index contributed by atoms with van der Waals surface area (Å²) in [6.07, 6.45) is 6.05. The highest BCUT2D eigenvalue weighted by Crippen LogP contribution is 2.32. The van der Waals surface area contributed by atoms with Crippen molar-refractivity contribution in [1.82, 2.24) is 15.1 Å². The van der Waals surface area contributed by atoms with Crippen LogP contribution in [0.2, 0.25) is 0 Å². The number of rotatable bonds is 7. The van der Waals surface area contributed by atoms with E-state index in [1.807, 2.05) is 37.3 Å². The van der Waals surface area contributed by atoms with Gasteiger partial charge in [-0.15, -0.1) is 10.2 Å². The highest BCUT2D eigenvalue weighted by atomic mass is 32.2. The Morgan fingerprint density at radius 1 is 1.27 bits per heavy atom. The van der Waals surface area contributed by atoms with Crippen molar-refractivity contribution >= 4 is 39.8 Å². The van der Waals surface area contributed by atoms with Crippen molar-refractivity contribution in [1.29, 1.82) is 0 Å². The molecule has 26 heavy (non-hydrogen) atoms. The summed E-state index contributed by atoms with van der Waals surface area (Å²) in [4.78, 5) is 15.0. The first-order chi connectivity index (χ1) is 12.7. The zero-order valence-corrected chi connectivity index (χ0v) is 17.0. The van der Waals surface area contributed by atoms with Gasteiger partial charge in [-0.2, -0.15) is 0 Å². The molecule has 1 aliphatic carbocycles. The number of carbonyl (C=O) groups excluding carboxylic acids is 1. The maximum atomic E-state index is 12.9. The lowest BCUT2D eigenvalue weighted by Gasteiger charge is -2.35. The minimum absolute atomic E-state index is 0.144. The standard InChI is InChI=1S/C19H26N4OS2/c1-3-23(16-12-8-5-9-13-16)17(24)14(2)25-19-22-21-18(26-19)20-15-10-6-4-7-11-15/h4,6-7,10-11,14,16H,3,5,8-9,12-13H2,1-2H3,(H,20,21). The molecule has 7 heteroatoms. The number of amides is 1. The van der Waals surface area contributed by atoms with Crippen LogP contribution in [-0.2, 0) is 4.79 Å². The summed E-state index contributed by atoms with van der Waals surface area (Å²) in [6.45, 7) is 4.84. The van der Waals surface area contributed by atoms with Crippen molar-refractivity contribution in [2.75, 3.05) is 11.9 Å². The fourth-order valence-electron chi connectivity index (χ4n) is 3.37. The molecule has 1 N–H and O–H groups in total. The van der Waals surface area contributed by atoms with E-state index in [9.17, 15) is 4.79 Å². The van der Waals surface area contributed by atoms with Crippen LogP contribution in [0.4, 0.5) is 10.8 Å². The third-order valence-electron chi connectivity index (χ3n) is 4.70. The topological polar surface area (TPSA) is 58.1 Å². The van der Waals surface area contributed by atoms with E-state index in [-0.39, 0.29) is 11.2 Å². The molecule has 0 saturated heterocycles. The first-order valence-electron chi connectivity index (χ1n) is 9.30. The van der Waals surface area contributed by atoms with Crippen molar-refractivity contribution < 1.29 is 4.79 Å². The molecule has 0 radical (unpaired) electrons. The van der Waals surface area contributed by atoms with Gasteiger partial charge in [-0.25, -0.2) is 0 Å². The molecule has 1 heterocycles. The van der Waals surface area contributed by atoms with Gasteiger partial charge < -0.3 is 10.2 Å². The second kappa shape index (κ2) is 9.37. The highest BCUT2D eigenvalue weighted by Gasteiger charge is 2.28. The van der Waals surface area contributed by atoms with Crippen molar-refractivity contribution in [3.63, 3.8) is 0 Å². The third-order valence-corrected chi connectivity index (χ3v) is 6.71. The number of nitrogens with one attached hydrogen (secondary N) is 1. The minimum Gasteiger partial charge on any atom is -0.339 e. The monoisotopic (exact) mass is 390 g/mol. The van der Waals surface area contributed by atoms with E-state index >= 15 is 0 Å². The number of benzene rings is 1. The summed E-state index contributed by atoms with van der Waals surface area (Å²) >= 11 is 2.99. The fourth-order valence-corrected chi connectivity index (χ4v) is 5.36. The highest BCUT2D eigenvalue weighted by molar-refractivity contribution is 8.02. The van der Waals surface area contributed by atoms with Crippen LogP contribution in [0.1, 0.15) is 46.0 Å². The Morgan fingerprint density at radius 3 is 2.69 bits per heavy atom. The Hall–Kier alpha value is -1.60. The van der Waals surface area contributed by atoms with Crippen LogP contribution in [0.15, 0.2) is 34.7 Å². The van der Waals surface area contributed by atoms with Gasteiger partial charge in [0.2, 0.25) is 11.0 Å². The lowest BCUT2D eigenvalue weighted by atomic mass is 9.94. The SMILES string of the molecule is CCN(C(=O)C(C)Sc1nnc(Nc2ccccc2)s1)C1CCCCC1. The van der Waals surface area contributed by atoms with E-state index in [0.29, 0.717) is 6.04 Å². The third kappa shape index (κ3) is 4.98. The predicted molar refractivity (Wildman–Crippen MR) is 109 cm³/mol. The Labute approximate surface area is 163 Å². The number of hydrogen-bond donors (Lipinski definition) is 1. The first kappa shape index (κ1) is 19.2. The molecule has 1 unspecified atom stereocenters. The number of thioether (sulfide) groups is 1. The summed E-state index contributed by atoms with van der Waals surface area (Å²) in [5, 5.41) is 12.3. The predicted octanol–water partition coefficient (Wildman–Crippen LogP) is 4.94. The van der Waals surface area contributed by atoms with E-state index in [2.05, 4.69) is 27.3 Å². The van der Waals surface area contributed by atoms with Crippen molar-refractivity contribution in [2.45, 2.75) is 61.6 Å². The smallest absolute Gasteiger partial charge is 0.236 e. The van der Waals surface area contributed by atoms with Gasteiger partial charge in [-0.3, -0.25) is 4.79 Å². The Kier molecular flexibility index (Phi) is 6.91. The van der Waals surface area contributed by atoms with Gasteiger partial charge in [0.1, 0.15) is 0 Å². The van der Waals surface area contributed by atoms with Crippen molar-refractivity contribution in [3.8, 4) is 0 Å². The maximum absolute atomic E-state index is 12.9. The fraction of sp³-hybridized carbons (Fsp3) is 0.526. The Morgan fingerprint density at radius 2 is 2.00 bits per heavy atom. The molecule has 0 spiro atoms. The van der Waals surface area contributed by atoms with Crippen LogP contribution in [0.5, 0.6) is 0 Å². The van der Waals surface area contributed by atoms with Gasteiger partial charge in [0.25, 0.3) is 0 Å². The first-order valence-corrected chi connectivity index (χ1v) is 11.0. The largest absolute Gasteiger partial charge is 0.339 e. The van der Waals surface area contributed by atoms with Crippen LogP contribution in [0, 0.1) is 0 Å². The molecule has 2 aromatic rings. The van der Waals surface area contributed by atoms with Crippen molar-refractivity contribution in [3.05, 3.63) is 30.3 Å². The molecule has 3 rings (SSSR count). The van der Waals surface area contributed by atoms with E-state index in [0.717, 1.165) is 34.5 Å². The zero-order valence-electron chi connectivity index (χ0n) is 15.4. The molecule has 0 aliphatic heterocycles. The summed E-state index contributed by atoms with van der Waals surface area (Å²) < 4.78 is 0.823. The second-order valence-corrected chi connectivity index (χ2v) is 9.11. The zero-order chi connectivity index (χ0) is 18.4. The number of anilines is 2. The molecule has 1 atom stereocenters. The molecule has 5 nitrogen and oxygen atoms in total. The number of para-hydroxylation sites is 1. The summed E-state index contributed by atoms with van der Waals surface area (Å²) in [7, 11) is 0. The lowest BCUT2D eigenvalue weighted by Crippen LogP contribution is -2.44. The van der Waals surface area contributed by atoms with Crippen LogP contribution in [0.3, 0.4) is 0 Å². The molecular weight excluding hydrogens is 364 g/mol. The molecule has 140 valence electrons. The average Bonchev–Trinajstić information content (AvgIpc) is 3.10. The quantitative estimate of drug-likeness (QED) is 0.678. The van der Waals surface area contributed by atoms with Gasteiger partial charge in [-0.05, 0) is 38.8 Å². The number of nitrogens with zero attached hydrogens (tertiary/aromatic N) is 3. The molecule has 1 fully saturated rings. The van der Waals surface area contributed by atoms with Crippen molar-refractivity contribution in [2.24, 2.45) is 0 Å². The van der Waals surface area contributed by atoms with Crippen LogP contribution in [0.25, 0.3) is 0 Å². The molecule has 1 amide bonds. The van der Waals surface area contributed by atoms with Gasteiger partial charge in [-0.1, -0.05) is 60.6 Å². The summed E-state index contributed by atoms with van der Waals surface area (Å²) in [5.74, 6) is 0.220. The van der Waals surface area contributed by atoms with E-state index in [4.69, 9.17) is 0 Å². The van der Waals surface area contributed by atoms with E-state index in [1.165, 1.54) is 42.4 Å². The van der Waals surface area contributed by atoms with Gasteiger partial charge >= 0.3 is 0 Å².